The van der Waals surface area contributed by atoms with Crippen molar-refractivity contribution in [2.45, 2.75) is 32.7 Å². The molecule has 0 aliphatic carbocycles. The Balaban J connectivity index is 4.07. The van der Waals surface area contributed by atoms with Crippen LogP contribution in [-0.4, -0.2) is 50.4 Å². The number of sulfonamides is 1. The summed E-state index contributed by atoms with van der Waals surface area (Å²) in [5.41, 5.74) is -0.808. The number of aliphatic carboxylic acids is 1. The smallest absolute Gasteiger partial charge is 0.314 e. The van der Waals surface area contributed by atoms with Gasteiger partial charge in [0, 0.05) is 25.0 Å². The molecule has 1 unspecified atom stereocenters. The molecule has 0 bridgehead atoms. The second-order valence-electron chi connectivity index (χ2n) is 5.52. The first-order chi connectivity index (χ1) is 8.91. The summed E-state index contributed by atoms with van der Waals surface area (Å²) in [6.45, 7) is 5.34. The highest BCUT2D eigenvalue weighted by atomic mass is 32.2. The van der Waals surface area contributed by atoms with Gasteiger partial charge in [0.15, 0.2) is 0 Å². The molecule has 0 saturated carbocycles. The number of rotatable bonds is 8. The fraction of sp³-hybridized carbons (Fsp3) is 0.818. The Hall–Kier alpha value is -1.35. The molecule has 0 aliphatic heterocycles. The molecule has 20 heavy (non-hydrogen) atoms. The fourth-order valence-corrected chi connectivity index (χ4v) is 2.61. The van der Waals surface area contributed by atoms with Gasteiger partial charge in [-0.3, -0.25) is 4.79 Å². The van der Waals surface area contributed by atoms with E-state index >= 15 is 0 Å². The number of urea groups is 1. The molecule has 0 radical (unpaired) electrons. The van der Waals surface area contributed by atoms with Crippen LogP contribution in [-0.2, 0) is 14.8 Å². The summed E-state index contributed by atoms with van der Waals surface area (Å²) in [5, 5.41) is 13.6. The summed E-state index contributed by atoms with van der Waals surface area (Å²) < 4.78 is 24.6. The minimum absolute atomic E-state index is 0.0264. The third kappa shape index (κ3) is 10.6. The van der Waals surface area contributed by atoms with Crippen LogP contribution in [0.15, 0.2) is 0 Å². The van der Waals surface area contributed by atoms with Crippen LogP contribution in [0, 0.1) is 5.92 Å². The number of carbonyl (C=O) groups excluding carboxylic acids is 1. The highest BCUT2D eigenvalue weighted by molar-refractivity contribution is 7.88. The second-order valence-corrected chi connectivity index (χ2v) is 7.27. The first kappa shape index (κ1) is 18.7. The number of carbonyl (C=O) groups is 2. The molecule has 9 heteroatoms. The average molecular weight is 309 g/mol. The van der Waals surface area contributed by atoms with Gasteiger partial charge in [0.05, 0.1) is 6.26 Å². The van der Waals surface area contributed by atoms with Crippen LogP contribution in [0.2, 0.25) is 0 Å². The lowest BCUT2D eigenvalue weighted by Crippen LogP contribution is -2.52. The van der Waals surface area contributed by atoms with Gasteiger partial charge in [0.1, 0.15) is 0 Å². The molecule has 0 aromatic rings. The van der Waals surface area contributed by atoms with Crippen molar-refractivity contribution < 1.29 is 23.1 Å². The zero-order valence-corrected chi connectivity index (χ0v) is 13.0. The van der Waals surface area contributed by atoms with Gasteiger partial charge < -0.3 is 15.7 Å². The molecule has 4 N–H and O–H groups in total. The van der Waals surface area contributed by atoms with Gasteiger partial charge in [-0.1, -0.05) is 6.92 Å². The van der Waals surface area contributed by atoms with E-state index in [4.69, 9.17) is 5.11 Å². The van der Waals surface area contributed by atoms with Crippen molar-refractivity contribution >= 4 is 22.0 Å². The monoisotopic (exact) mass is 309 g/mol. The van der Waals surface area contributed by atoms with Crippen LogP contribution in [0.25, 0.3) is 0 Å². The molecule has 118 valence electrons. The molecular weight excluding hydrogens is 286 g/mol. The van der Waals surface area contributed by atoms with Crippen molar-refractivity contribution in [3.05, 3.63) is 0 Å². The van der Waals surface area contributed by atoms with E-state index in [2.05, 4.69) is 15.4 Å². The lowest BCUT2D eigenvalue weighted by atomic mass is 10.1. The van der Waals surface area contributed by atoms with E-state index in [9.17, 15) is 18.0 Å². The van der Waals surface area contributed by atoms with Crippen LogP contribution in [0.4, 0.5) is 4.79 Å². The van der Waals surface area contributed by atoms with E-state index in [-0.39, 0.29) is 25.4 Å². The third-order valence-electron chi connectivity index (χ3n) is 2.29. The molecule has 0 rings (SSSR count). The fourth-order valence-electron chi connectivity index (χ4n) is 1.54. The first-order valence-corrected chi connectivity index (χ1v) is 8.03. The average Bonchev–Trinajstić information content (AvgIpc) is 2.19. The van der Waals surface area contributed by atoms with Gasteiger partial charge in [0.25, 0.3) is 0 Å². The maximum absolute atomic E-state index is 11.5. The van der Waals surface area contributed by atoms with Crippen LogP contribution in [0.5, 0.6) is 0 Å². The SMILES string of the molecule is CC(CNC(=O)NCC(C)(C)NS(C)(=O)=O)CC(=O)O. The minimum Gasteiger partial charge on any atom is -0.481 e. The van der Waals surface area contributed by atoms with Crippen molar-refractivity contribution in [2.24, 2.45) is 5.92 Å². The van der Waals surface area contributed by atoms with Gasteiger partial charge in [-0.15, -0.1) is 0 Å². The van der Waals surface area contributed by atoms with E-state index < -0.39 is 27.6 Å². The molecule has 0 aromatic carbocycles. The zero-order chi connectivity index (χ0) is 16.0. The topological polar surface area (TPSA) is 125 Å². The molecule has 8 nitrogen and oxygen atoms in total. The van der Waals surface area contributed by atoms with Crippen molar-refractivity contribution in [3.63, 3.8) is 0 Å². The van der Waals surface area contributed by atoms with Crippen molar-refractivity contribution in [1.29, 1.82) is 0 Å². The standard InChI is InChI=1S/C11H23N3O5S/c1-8(5-9(15)16)6-12-10(17)13-7-11(2,3)14-20(4,18)19/h8,14H,5-7H2,1-4H3,(H,15,16)(H2,12,13,17). The van der Waals surface area contributed by atoms with E-state index in [0.717, 1.165) is 6.26 Å². The zero-order valence-electron chi connectivity index (χ0n) is 12.2. The molecule has 0 aromatic heterocycles. The lowest BCUT2D eigenvalue weighted by Gasteiger charge is -2.25. The number of hydrogen-bond donors (Lipinski definition) is 4. The van der Waals surface area contributed by atoms with Gasteiger partial charge in [-0.05, 0) is 19.8 Å². The van der Waals surface area contributed by atoms with E-state index in [1.165, 1.54) is 0 Å². The predicted molar refractivity (Wildman–Crippen MR) is 74.9 cm³/mol. The molecule has 1 atom stereocenters. The second kappa shape index (κ2) is 7.44. The summed E-state index contributed by atoms with van der Waals surface area (Å²) in [6, 6.07) is -0.467. The predicted octanol–water partition coefficient (Wildman–Crippen LogP) is -0.276. The molecule has 0 heterocycles. The largest absolute Gasteiger partial charge is 0.481 e. The van der Waals surface area contributed by atoms with Crippen molar-refractivity contribution in [2.75, 3.05) is 19.3 Å². The lowest BCUT2D eigenvalue weighted by molar-refractivity contribution is -0.137. The molecule has 2 amide bonds. The Morgan fingerprint density at radius 2 is 1.80 bits per heavy atom. The van der Waals surface area contributed by atoms with Crippen molar-refractivity contribution in [1.82, 2.24) is 15.4 Å². The Morgan fingerprint density at radius 1 is 1.25 bits per heavy atom. The minimum atomic E-state index is -3.36. The van der Waals surface area contributed by atoms with Crippen LogP contribution in [0.1, 0.15) is 27.2 Å². The van der Waals surface area contributed by atoms with Gasteiger partial charge in [-0.25, -0.2) is 17.9 Å². The molecule has 0 fully saturated rings. The Morgan fingerprint density at radius 3 is 2.25 bits per heavy atom. The first-order valence-electron chi connectivity index (χ1n) is 6.14. The Kier molecular flexibility index (Phi) is 6.94. The number of carboxylic acid groups (broad SMARTS) is 1. The normalized spacial score (nSPS) is 13.6. The van der Waals surface area contributed by atoms with Crippen LogP contribution >= 0.6 is 0 Å². The van der Waals surface area contributed by atoms with Crippen LogP contribution in [0.3, 0.4) is 0 Å². The summed E-state index contributed by atoms with van der Waals surface area (Å²) in [6.07, 6.45) is 1.02. The van der Waals surface area contributed by atoms with E-state index in [0.29, 0.717) is 0 Å². The summed E-state index contributed by atoms with van der Waals surface area (Å²) in [4.78, 5) is 21.9. The number of carboxylic acids is 1. The molecule has 0 spiro atoms. The van der Waals surface area contributed by atoms with E-state index in [1.807, 2.05) is 0 Å². The maximum atomic E-state index is 11.5. The van der Waals surface area contributed by atoms with Crippen LogP contribution < -0.4 is 15.4 Å². The highest BCUT2D eigenvalue weighted by Gasteiger charge is 2.22. The maximum Gasteiger partial charge on any atom is 0.314 e. The Bertz CT molecular complexity index is 447. The highest BCUT2D eigenvalue weighted by Crippen LogP contribution is 2.02. The molecular formula is C11H23N3O5S. The molecule has 0 aliphatic rings. The third-order valence-corrected chi connectivity index (χ3v) is 3.21. The van der Waals surface area contributed by atoms with Gasteiger partial charge in [0.2, 0.25) is 10.0 Å². The van der Waals surface area contributed by atoms with Gasteiger partial charge >= 0.3 is 12.0 Å². The molecule has 0 saturated heterocycles. The number of hydrogen-bond acceptors (Lipinski definition) is 4. The number of amides is 2. The Labute approximate surface area is 119 Å². The number of nitrogens with one attached hydrogen (secondary N) is 3. The summed E-state index contributed by atoms with van der Waals surface area (Å²) in [5.74, 6) is -1.10. The summed E-state index contributed by atoms with van der Waals surface area (Å²) >= 11 is 0. The van der Waals surface area contributed by atoms with Gasteiger partial charge in [-0.2, -0.15) is 0 Å². The quantitative estimate of drug-likeness (QED) is 0.491. The van der Waals surface area contributed by atoms with Crippen molar-refractivity contribution in [3.8, 4) is 0 Å². The summed E-state index contributed by atoms with van der Waals surface area (Å²) in [7, 11) is -3.36. The van der Waals surface area contributed by atoms with E-state index in [1.54, 1.807) is 20.8 Å².